The molecule has 4 rings (SSSR count). The second-order valence-electron chi connectivity index (χ2n) is 7.41. The van der Waals surface area contributed by atoms with Crippen LogP contribution in [0.5, 0.6) is 5.75 Å². The highest BCUT2D eigenvalue weighted by Gasteiger charge is 2.17. The van der Waals surface area contributed by atoms with Crippen molar-refractivity contribution in [3.05, 3.63) is 102 Å². The summed E-state index contributed by atoms with van der Waals surface area (Å²) in [6.07, 6.45) is 0.799. The third kappa shape index (κ3) is 4.54. The van der Waals surface area contributed by atoms with Gasteiger partial charge in [0.25, 0.3) is 5.91 Å². The summed E-state index contributed by atoms with van der Waals surface area (Å²) in [4.78, 5) is 12.6. The zero-order valence-corrected chi connectivity index (χ0v) is 17.2. The fourth-order valence-corrected chi connectivity index (χ4v) is 3.44. The highest BCUT2D eigenvalue weighted by Crippen LogP contribution is 2.22. The van der Waals surface area contributed by atoms with E-state index in [0.29, 0.717) is 5.76 Å². The van der Waals surface area contributed by atoms with Crippen molar-refractivity contribution >= 4 is 16.7 Å². The van der Waals surface area contributed by atoms with Crippen LogP contribution in [-0.4, -0.2) is 5.91 Å². The van der Waals surface area contributed by atoms with Crippen LogP contribution in [0.25, 0.3) is 10.8 Å². The number of amides is 1. The van der Waals surface area contributed by atoms with Crippen molar-refractivity contribution in [2.45, 2.75) is 32.9 Å². The van der Waals surface area contributed by atoms with E-state index in [1.165, 1.54) is 10.9 Å². The zero-order chi connectivity index (χ0) is 20.9. The van der Waals surface area contributed by atoms with Gasteiger partial charge in [-0.3, -0.25) is 4.79 Å². The molecule has 3 aromatic carbocycles. The SMILES string of the molecule is CCC(NC(=O)c1ccc(COc2ccc3ccccc3c2)o1)c1ccc(C)cc1. The van der Waals surface area contributed by atoms with Crippen LogP contribution in [0.2, 0.25) is 0 Å². The summed E-state index contributed by atoms with van der Waals surface area (Å²) in [5.74, 6) is 1.44. The number of rotatable bonds is 7. The molecule has 0 saturated carbocycles. The maximum Gasteiger partial charge on any atom is 0.287 e. The van der Waals surface area contributed by atoms with Gasteiger partial charge in [0.2, 0.25) is 0 Å². The standard InChI is InChI=1S/C26H25NO3/c1-3-24(20-10-8-18(2)9-11-20)27-26(28)25-15-14-23(30-25)17-29-22-13-12-19-6-4-5-7-21(19)16-22/h4-16,24H,3,17H2,1-2H3,(H,27,28). The first kappa shape index (κ1) is 19.8. The highest BCUT2D eigenvalue weighted by molar-refractivity contribution is 5.91. The van der Waals surface area contributed by atoms with Gasteiger partial charge in [0.15, 0.2) is 5.76 Å². The van der Waals surface area contributed by atoms with Gasteiger partial charge in [-0.2, -0.15) is 0 Å². The molecule has 0 bridgehead atoms. The fourth-order valence-electron chi connectivity index (χ4n) is 3.44. The summed E-state index contributed by atoms with van der Waals surface area (Å²) < 4.78 is 11.6. The number of hydrogen-bond donors (Lipinski definition) is 1. The summed E-state index contributed by atoms with van der Waals surface area (Å²) in [5.41, 5.74) is 2.28. The van der Waals surface area contributed by atoms with E-state index in [4.69, 9.17) is 9.15 Å². The van der Waals surface area contributed by atoms with Gasteiger partial charge >= 0.3 is 0 Å². The van der Waals surface area contributed by atoms with Crippen molar-refractivity contribution in [3.8, 4) is 5.75 Å². The fraction of sp³-hybridized carbons (Fsp3) is 0.192. The molecule has 0 aliphatic carbocycles. The average molecular weight is 399 g/mol. The molecule has 0 saturated heterocycles. The van der Waals surface area contributed by atoms with E-state index in [0.717, 1.165) is 23.1 Å². The van der Waals surface area contributed by atoms with Crippen LogP contribution >= 0.6 is 0 Å². The van der Waals surface area contributed by atoms with Crippen LogP contribution in [0.15, 0.2) is 83.3 Å². The van der Waals surface area contributed by atoms with Crippen molar-refractivity contribution in [2.24, 2.45) is 0 Å². The molecule has 4 nitrogen and oxygen atoms in total. The van der Waals surface area contributed by atoms with E-state index in [1.807, 2.05) is 37.3 Å². The Kier molecular flexibility index (Phi) is 5.84. The predicted molar refractivity (Wildman–Crippen MR) is 119 cm³/mol. The van der Waals surface area contributed by atoms with Gasteiger partial charge in [-0.05, 0) is 53.9 Å². The normalized spacial score (nSPS) is 11.9. The Hall–Kier alpha value is -3.53. The van der Waals surface area contributed by atoms with Crippen molar-refractivity contribution in [1.29, 1.82) is 0 Å². The Morgan fingerprint density at radius 3 is 2.50 bits per heavy atom. The van der Waals surface area contributed by atoms with Crippen molar-refractivity contribution in [3.63, 3.8) is 0 Å². The second kappa shape index (κ2) is 8.87. The largest absolute Gasteiger partial charge is 0.486 e. The van der Waals surface area contributed by atoms with Crippen LogP contribution in [0.1, 0.15) is 46.8 Å². The minimum Gasteiger partial charge on any atom is -0.486 e. The maximum atomic E-state index is 12.6. The van der Waals surface area contributed by atoms with Gasteiger partial charge in [-0.25, -0.2) is 0 Å². The summed E-state index contributed by atoms with van der Waals surface area (Å²) >= 11 is 0. The van der Waals surface area contributed by atoms with E-state index in [2.05, 4.69) is 48.6 Å². The summed E-state index contributed by atoms with van der Waals surface area (Å²) in [6, 6.07) is 25.7. The Morgan fingerprint density at radius 1 is 0.967 bits per heavy atom. The number of nitrogens with one attached hydrogen (secondary N) is 1. The molecule has 1 aromatic heterocycles. The molecule has 1 amide bonds. The zero-order valence-electron chi connectivity index (χ0n) is 17.2. The summed E-state index contributed by atoms with van der Waals surface area (Å²) in [7, 11) is 0. The topological polar surface area (TPSA) is 51.5 Å². The molecule has 1 atom stereocenters. The molecule has 0 radical (unpaired) electrons. The molecule has 1 unspecified atom stereocenters. The number of ether oxygens (including phenoxy) is 1. The Bertz CT molecular complexity index is 1140. The minimum absolute atomic E-state index is 0.0551. The quantitative estimate of drug-likeness (QED) is 0.402. The van der Waals surface area contributed by atoms with Crippen molar-refractivity contribution in [2.75, 3.05) is 0 Å². The lowest BCUT2D eigenvalue weighted by atomic mass is 10.0. The van der Waals surface area contributed by atoms with Gasteiger partial charge in [0.05, 0.1) is 6.04 Å². The van der Waals surface area contributed by atoms with Gasteiger partial charge in [-0.1, -0.05) is 67.1 Å². The highest BCUT2D eigenvalue weighted by atomic mass is 16.5. The molecule has 0 aliphatic heterocycles. The first-order chi connectivity index (χ1) is 14.6. The van der Waals surface area contributed by atoms with Crippen LogP contribution in [0, 0.1) is 6.92 Å². The molecule has 0 fully saturated rings. The Morgan fingerprint density at radius 2 is 1.73 bits per heavy atom. The molecular formula is C26H25NO3. The van der Waals surface area contributed by atoms with Crippen molar-refractivity contribution in [1.82, 2.24) is 5.32 Å². The molecule has 0 aliphatic rings. The molecule has 30 heavy (non-hydrogen) atoms. The lowest BCUT2D eigenvalue weighted by molar-refractivity contribution is 0.0903. The number of aryl methyl sites for hydroxylation is 1. The maximum absolute atomic E-state index is 12.6. The van der Waals surface area contributed by atoms with Gasteiger partial charge < -0.3 is 14.5 Å². The number of fused-ring (bicyclic) bond motifs is 1. The van der Waals surface area contributed by atoms with Crippen LogP contribution in [0.4, 0.5) is 0 Å². The number of benzene rings is 3. The third-order valence-corrected chi connectivity index (χ3v) is 5.18. The van der Waals surface area contributed by atoms with E-state index < -0.39 is 0 Å². The first-order valence-corrected chi connectivity index (χ1v) is 10.2. The molecule has 1 heterocycles. The molecule has 4 heteroatoms. The van der Waals surface area contributed by atoms with Gasteiger partial charge in [-0.15, -0.1) is 0 Å². The van der Waals surface area contributed by atoms with E-state index in [9.17, 15) is 4.79 Å². The molecule has 152 valence electrons. The van der Waals surface area contributed by atoms with Crippen LogP contribution in [0.3, 0.4) is 0 Å². The van der Waals surface area contributed by atoms with Crippen LogP contribution in [-0.2, 0) is 6.61 Å². The molecule has 4 aromatic rings. The van der Waals surface area contributed by atoms with Gasteiger partial charge in [0, 0.05) is 0 Å². The average Bonchev–Trinajstić information content (AvgIpc) is 3.26. The molecule has 0 spiro atoms. The Labute approximate surface area is 176 Å². The number of hydrogen-bond acceptors (Lipinski definition) is 3. The predicted octanol–water partition coefficient (Wildman–Crippen LogP) is 6.20. The number of furan rings is 1. The third-order valence-electron chi connectivity index (χ3n) is 5.18. The smallest absolute Gasteiger partial charge is 0.287 e. The summed E-state index contributed by atoms with van der Waals surface area (Å²) in [5, 5.41) is 5.34. The van der Waals surface area contributed by atoms with E-state index in [-0.39, 0.29) is 24.3 Å². The first-order valence-electron chi connectivity index (χ1n) is 10.2. The van der Waals surface area contributed by atoms with Crippen molar-refractivity contribution < 1.29 is 13.9 Å². The number of carbonyl (C=O) groups is 1. The number of carbonyl (C=O) groups excluding carboxylic acids is 1. The van der Waals surface area contributed by atoms with E-state index >= 15 is 0 Å². The molecular weight excluding hydrogens is 374 g/mol. The minimum atomic E-state index is -0.223. The van der Waals surface area contributed by atoms with Crippen LogP contribution < -0.4 is 10.1 Å². The summed E-state index contributed by atoms with van der Waals surface area (Å²) in [6.45, 7) is 4.37. The monoisotopic (exact) mass is 399 g/mol. The Balaban J connectivity index is 1.38. The second-order valence-corrected chi connectivity index (χ2v) is 7.41. The van der Waals surface area contributed by atoms with Gasteiger partial charge in [0.1, 0.15) is 18.1 Å². The van der Waals surface area contributed by atoms with E-state index in [1.54, 1.807) is 12.1 Å². The molecule has 1 N–H and O–H groups in total. The lowest BCUT2D eigenvalue weighted by Gasteiger charge is -2.17. The lowest BCUT2D eigenvalue weighted by Crippen LogP contribution is -2.27.